The normalized spacial score (nSPS) is 11.7. The zero-order chi connectivity index (χ0) is 12.3. The van der Waals surface area contributed by atoms with E-state index in [9.17, 15) is 18.5 Å². The summed E-state index contributed by atoms with van der Waals surface area (Å²) >= 11 is 0. The Labute approximate surface area is 92.7 Å². The van der Waals surface area contributed by atoms with Crippen molar-refractivity contribution in [2.45, 2.75) is 24.8 Å². The van der Waals surface area contributed by atoms with Crippen molar-refractivity contribution in [3.05, 3.63) is 28.6 Å². The zero-order valence-electron chi connectivity index (χ0n) is 8.75. The van der Waals surface area contributed by atoms with E-state index >= 15 is 0 Å². The standard InChI is InChI=1S/C8H11N3O4S/c1-6(2)10-16(14,15)8-3-7(11(12)13)4-9-5-8/h3-6,10H,1-2H3. The number of aromatic nitrogens is 1. The molecule has 0 amide bonds. The molecule has 1 heterocycles. The van der Waals surface area contributed by atoms with Gasteiger partial charge in [0.2, 0.25) is 10.0 Å². The Balaban J connectivity index is 3.14. The van der Waals surface area contributed by atoms with Crippen LogP contribution in [0.3, 0.4) is 0 Å². The lowest BCUT2D eigenvalue weighted by atomic mass is 10.4. The molecule has 7 nitrogen and oxygen atoms in total. The van der Waals surface area contributed by atoms with Gasteiger partial charge in [0, 0.05) is 18.3 Å². The lowest BCUT2D eigenvalue weighted by Crippen LogP contribution is -2.30. The SMILES string of the molecule is CC(C)NS(=O)(=O)c1cncc([N+](=O)[O-])c1. The average molecular weight is 245 g/mol. The van der Waals surface area contributed by atoms with Crippen molar-refractivity contribution in [3.63, 3.8) is 0 Å². The number of nitrogens with zero attached hydrogens (tertiary/aromatic N) is 2. The van der Waals surface area contributed by atoms with Gasteiger partial charge in [-0.15, -0.1) is 0 Å². The molecule has 0 aliphatic carbocycles. The minimum atomic E-state index is -3.73. The van der Waals surface area contributed by atoms with Gasteiger partial charge in [0.25, 0.3) is 5.69 Å². The molecular weight excluding hydrogens is 234 g/mol. The first-order valence-electron chi connectivity index (χ1n) is 4.44. The molecule has 0 spiro atoms. The lowest BCUT2D eigenvalue weighted by Gasteiger charge is -2.08. The van der Waals surface area contributed by atoms with Crippen LogP contribution in [0.25, 0.3) is 0 Å². The summed E-state index contributed by atoms with van der Waals surface area (Å²) in [6.07, 6.45) is 2.06. The van der Waals surface area contributed by atoms with E-state index in [1.54, 1.807) is 13.8 Å². The average Bonchev–Trinajstić information content (AvgIpc) is 2.16. The Morgan fingerprint density at radius 2 is 2.06 bits per heavy atom. The smallest absolute Gasteiger partial charge is 0.258 e. The summed E-state index contributed by atoms with van der Waals surface area (Å²) in [6, 6.07) is 0.682. The fourth-order valence-corrected chi connectivity index (χ4v) is 2.26. The molecule has 88 valence electrons. The summed E-state index contributed by atoms with van der Waals surface area (Å²) in [7, 11) is -3.73. The second-order valence-corrected chi connectivity index (χ2v) is 5.13. The van der Waals surface area contributed by atoms with Gasteiger partial charge in [-0.2, -0.15) is 0 Å². The Hall–Kier alpha value is -1.54. The summed E-state index contributed by atoms with van der Waals surface area (Å²) in [4.78, 5) is 13.1. The molecule has 1 aromatic rings. The molecule has 0 saturated carbocycles. The van der Waals surface area contributed by atoms with E-state index in [2.05, 4.69) is 9.71 Å². The van der Waals surface area contributed by atoms with Gasteiger partial charge in [-0.05, 0) is 13.8 Å². The predicted molar refractivity (Wildman–Crippen MR) is 56.3 cm³/mol. The van der Waals surface area contributed by atoms with E-state index in [-0.39, 0.29) is 16.6 Å². The van der Waals surface area contributed by atoms with Crippen LogP contribution in [-0.4, -0.2) is 24.4 Å². The maximum Gasteiger partial charge on any atom is 0.288 e. The van der Waals surface area contributed by atoms with Gasteiger partial charge in [0.15, 0.2) is 0 Å². The Morgan fingerprint density at radius 1 is 1.44 bits per heavy atom. The van der Waals surface area contributed by atoms with Crippen molar-refractivity contribution >= 4 is 15.7 Å². The molecule has 0 radical (unpaired) electrons. The fraction of sp³-hybridized carbons (Fsp3) is 0.375. The molecule has 0 aliphatic heterocycles. The molecule has 1 aromatic heterocycles. The first-order valence-corrected chi connectivity index (χ1v) is 5.93. The maximum absolute atomic E-state index is 11.6. The molecule has 0 bridgehead atoms. The molecule has 1 rings (SSSR count). The quantitative estimate of drug-likeness (QED) is 0.620. The number of nitro groups is 1. The van der Waals surface area contributed by atoms with Crippen molar-refractivity contribution in [1.82, 2.24) is 9.71 Å². The summed E-state index contributed by atoms with van der Waals surface area (Å²) in [5, 5.41) is 10.5. The summed E-state index contributed by atoms with van der Waals surface area (Å²) < 4.78 is 25.6. The Morgan fingerprint density at radius 3 is 2.56 bits per heavy atom. The minimum absolute atomic E-state index is 0.213. The Kier molecular flexibility index (Phi) is 3.55. The summed E-state index contributed by atoms with van der Waals surface area (Å²) in [6.45, 7) is 3.31. The highest BCUT2D eigenvalue weighted by atomic mass is 32.2. The van der Waals surface area contributed by atoms with Crippen LogP contribution < -0.4 is 4.72 Å². The highest BCUT2D eigenvalue weighted by molar-refractivity contribution is 7.89. The van der Waals surface area contributed by atoms with Gasteiger partial charge >= 0.3 is 0 Å². The second-order valence-electron chi connectivity index (χ2n) is 3.41. The van der Waals surface area contributed by atoms with Crippen LogP contribution in [0.15, 0.2) is 23.4 Å². The molecule has 0 aromatic carbocycles. The van der Waals surface area contributed by atoms with E-state index in [0.29, 0.717) is 0 Å². The number of sulfonamides is 1. The molecule has 16 heavy (non-hydrogen) atoms. The topological polar surface area (TPSA) is 102 Å². The van der Waals surface area contributed by atoms with E-state index in [1.807, 2.05) is 0 Å². The molecule has 8 heteroatoms. The van der Waals surface area contributed by atoms with E-state index in [4.69, 9.17) is 0 Å². The fourth-order valence-electron chi connectivity index (χ4n) is 1.03. The van der Waals surface area contributed by atoms with Crippen LogP contribution in [-0.2, 0) is 10.0 Å². The highest BCUT2D eigenvalue weighted by Gasteiger charge is 2.18. The molecular formula is C8H11N3O4S. The third-order valence-electron chi connectivity index (χ3n) is 1.61. The largest absolute Gasteiger partial charge is 0.288 e. The number of hydrogen-bond acceptors (Lipinski definition) is 5. The molecule has 0 saturated heterocycles. The van der Waals surface area contributed by atoms with Crippen molar-refractivity contribution in [1.29, 1.82) is 0 Å². The van der Waals surface area contributed by atoms with Crippen LogP contribution >= 0.6 is 0 Å². The van der Waals surface area contributed by atoms with Crippen molar-refractivity contribution in [2.75, 3.05) is 0 Å². The first-order chi connectivity index (χ1) is 7.33. The zero-order valence-corrected chi connectivity index (χ0v) is 9.56. The van der Waals surface area contributed by atoms with Gasteiger partial charge in [-0.3, -0.25) is 15.1 Å². The number of hydrogen-bond donors (Lipinski definition) is 1. The summed E-state index contributed by atoms with van der Waals surface area (Å²) in [5.74, 6) is 0. The summed E-state index contributed by atoms with van der Waals surface area (Å²) in [5.41, 5.74) is -0.355. The van der Waals surface area contributed by atoms with E-state index < -0.39 is 14.9 Å². The molecule has 0 atom stereocenters. The predicted octanol–water partition coefficient (Wildman–Crippen LogP) is 0.676. The third kappa shape index (κ3) is 2.97. The van der Waals surface area contributed by atoms with E-state index in [1.165, 1.54) is 0 Å². The van der Waals surface area contributed by atoms with Crippen LogP contribution in [0.2, 0.25) is 0 Å². The number of nitrogens with one attached hydrogen (secondary N) is 1. The molecule has 1 N–H and O–H groups in total. The second kappa shape index (κ2) is 4.54. The van der Waals surface area contributed by atoms with Gasteiger partial charge in [0.1, 0.15) is 11.1 Å². The van der Waals surface area contributed by atoms with Crippen molar-refractivity contribution in [2.24, 2.45) is 0 Å². The van der Waals surface area contributed by atoms with Gasteiger partial charge in [-0.25, -0.2) is 13.1 Å². The first kappa shape index (κ1) is 12.5. The van der Waals surface area contributed by atoms with Crippen molar-refractivity contribution < 1.29 is 13.3 Å². The lowest BCUT2D eigenvalue weighted by molar-refractivity contribution is -0.385. The van der Waals surface area contributed by atoms with Crippen LogP contribution in [0.1, 0.15) is 13.8 Å². The Bertz CT molecular complexity index is 498. The maximum atomic E-state index is 11.6. The number of pyridine rings is 1. The highest BCUT2D eigenvalue weighted by Crippen LogP contribution is 2.15. The molecule has 0 fully saturated rings. The van der Waals surface area contributed by atoms with Gasteiger partial charge in [-0.1, -0.05) is 0 Å². The monoisotopic (exact) mass is 245 g/mol. The van der Waals surface area contributed by atoms with Gasteiger partial charge in [0.05, 0.1) is 4.92 Å². The molecule has 0 unspecified atom stereocenters. The van der Waals surface area contributed by atoms with Gasteiger partial charge < -0.3 is 0 Å². The molecule has 0 aliphatic rings. The van der Waals surface area contributed by atoms with Crippen LogP contribution in [0, 0.1) is 10.1 Å². The van der Waals surface area contributed by atoms with Crippen molar-refractivity contribution in [3.8, 4) is 0 Å². The van der Waals surface area contributed by atoms with E-state index in [0.717, 1.165) is 18.5 Å². The minimum Gasteiger partial charge on any atom is -0.258 e. The third-order valence-corrected chi connectivity index (χ3v) is 3.24. The van der Waals surface area contributed by atoms with Crippen LogP contribution in [0.5, 0.6) is 0 Å². The number of rotatable bonds is 4. The van der Waals surface area contributed by atoms with Crippen LogP contribution in [0.4, 0.5) is 5.69 Å².